The fourth-order valence-electron chi connectivity index (χ4n) is 3.62. The molecule has 0 radical (unpaired) electrons. The highest BCUT2D eigenvalue weighted by Gasteiger charge is 2.37. The first kappa shape index (κ1) is 17.7. The fourth-order valence-corrected chi connectivity index (χ4v) is 3.62. The van der Waals surface area contributed by atoms with Gasteiger partial charge in [-0.1, -0.05) is 38.5 Å². The van der Waals surface area contributed by atoms with E-state index in [9.17, 15) is 9.59 Å². The molecule has 2 atom stereocenters. The second-order valence-corrected chi connectivity index (χ2v) is 7.08. The largest absolute Gasteiger partial charge is 0.335 e. The van der Waals surface area contributed by atoms with E-state index < -0.39 is 6.04 Å². The number of fused-ring (bicyclic) bond motifs is 1. The summed E-state index contributed by atoms with van der Waals surface area (Å²) >= 11 is 0. The average molecular weight is 344 g/mol. The fraction of sp³-hybridized carbons (Fsp3) is 0.579. The molecule has 2 heterocycles. The Hall–Kier alpha value is -2.08. The van der Waals surface area contributed by atoms with Gasteiger partial charge in [0.15, 0.2) is 0 Å². The summed E-state index contributed by atoms with van der Waals surface area (Å²) in [5.74, 6) is -0.00662. The molecule has 6 heteroatoms. The van der Waals surface area contributed by atoms with Gasteiger partial charge in [0.25, 0.3) is 0 Å². The Labute approximate surface area is 149 Å². The predicted octanol–water partition coefficient (Wildman–Crippen LogP) is 2.32. The summed E-state index contributed by atoms with van der Waals surface area (Å²) in [6, 6.07) is 7.30. The number of benzene rings is 1. The maximum atomic E-state index is 13.0. The number of carbonyl (C=O) groups is 2. The van der Waals surface area contributed by atoms with Crippen molar-refractivity contribution in [3.8, 4) is 0 Å². The van der Waals surface area contributed by atoms with Crippen LogP contribution in [0.3, 0.4) is 0 Å². The standard InChI is InChI=1S/C19H28N4O2/c1-3-13(2)17-18(24)22-16-7-5-4-6-14(16)12-23(17)19(25)21-15-8-10-20-11-9-15/h4-7,13,15,17,20H,3,8-12H2,1-2H3,(H,21,25)(H,22,24). The second-order valence-electron chi connectivity index (χ2n) is 7.08. The van der Waals surface area contributed by atoms with Crippen LogP contribution in [0, 0.1) is 5.92 Å². The Kier molecular flexibility index (Phi) is 5.58. The van der Waals surface area contributed by atoms with E-state index in [-0.39, 0.29) is 23.9 Å². The van der Waals surface area contributed by atoms with Crippen LogP contribution >= 0.6 is 0 Å². The van der Waals surface area contributed by atoms with Gasteiger partial charge in [-0.05, 0) is 43.5 Å². The molecule has 3 rings (SSSR count). The normalized spacial score (nSPS) is 22.6. The van der Waals surface area contributed by atoms with Crippen LogP contribution in [-0.4, -0.2) is 42.0 Å². The third-order valence-corrected chi connectivity index (χ3v) is 5.33. The summed E-state index contributed by atoms with van der Waals surface area (Å²) in [5.41, 5.74) is 1.78. The molecule has 0 aromatic heterocycles. The number of rotatable bonds is 3. The van der Waals surface area contributed by atoms with Crippen LogP contribution in [0.15, 0.2) is 24.3 Å². The van der Waals surface area contributed by atoms with E-state index in [2.05, 4.69) is 22.9 Å². The lowest BCUT2D eigenvalue weighted by atomic mass is 9.97. The Morgan fingerprint density at radius 1 is 1.32 bits per heavy atom. The van der Waals surface area contributed by atoms with Crippen LogP contribution in [0.5, 0.6) is 0 Å². The van der Waals surface area contributed by atoms with E-state index in [4.69, 9.17) is 0 Å². The number of amides is 3. The second kappa shape index (κ2) is 7.87. The molecule has 3 N–H and O–H groups in total. The molecule has 0 bridgehead atoms. The van der Waals surface area contributed by atoms with Crippen molar-refractivity contribution in [2.45, 2.75) is 51.7 Å². The van der Waals surface area contributed by atoms with Gasteiger partial charge in [0, 0.05) is 11.7 Å². The third-order valence-electron chi connectivity index (χ3n) is 5.33. The van der Waals surface area contributed by atoms with Crippen molar-refractivity contribution in [1.29, 1.82) is 0 Å². The van der Waals surface area contributed by atoms with Crippen LogP contribution in [0.25, 0.3) is 0 Å². The van der Waals surface area contributed by atoms with Crippen LogP contribution in [0.1, 0.15) is 38.7 Å². The van der Waals surface area contributed by atoms with Gasteiger partial charge < -0.3 is 20.9 Å². The molecule has 2 aliphatic heterocycles. The zero-order chi connectivity index (χ0) is 17.8. The van der Waals surface area contributed by atoms with Crippen molar-refractivity contribution in [3.63, 3.8) is 0 Å². The first-order valence-electron chi connectivity index (χ1n) is 9.26. The van der Waals surface area contributed by atoms with E-state index in [0.717, 1.165) is 43.6 Å². The molecule has 136 valence electrons. The number of para-hydroxylation sites is 1. The molecule has 1 aromatic rings. The molecule has 1 aromatic carbocycles. The molecule has 0 saturated carbocycles. The summed E-state index contributed by atoms with van der Waals surface area (Å²) in [7, 11) is 0. The molecule has 6 nitrogen and oxygen atoms in total. The van der Waals surface area contributed by atoms with E-state index >= 15 is 0 Å². The van der Waals surface area contributed by atoms with Gasteiger partial charge in [-0.2, -0.15) is 0 Å². The smallest absolute Gasteiger partial charge is 0.318 e. The summed E-state index contributed by atoms with van der Waals surface area (Å²) < 4.78 is 0. The number of piperidine rings is 1. The molecular formula is C19H28N4O2. The summed E-state index contributed by atoms with van der Waals surface area (Å²) in [5, 5.41) is 9.45. The third kappa shape index (κ3) is 3.95. The van der Waals surface area contributed by atoms with E-state index in [1.54, 1.807) is 4.90 Å². The molecule has 2 unspecified atom stereocenters. The molecule has 3 amide bonds. The molecule has 25 heavy (non-hydrogen) atoms. The van der Waals surface area contributed by atoms with Crippen molar-refractivity contribution in [2.24, 2.45) is 5.92 Å². The van der Waals surface area contributed by atoms with Crippen molar-refractivity contribution < 1.29 is 9.59 Å². The number of hydrogen-bond acceptors (Lipinski definition) is 3. The van der Waals surface area contributed by atoms with E-state index in [0.29, 0.717) is 6.54 Å². The van der Waals surface area contributed by atoms with Crippen molar-refractivity contribution in [3.05, 3.63) is 29.8 Å². The number of hydrogen-bond donors (Lipinski definition) is 3. The first-order valence-corrected chi connectivity index (χ1v) is 9.26. The van der Waals surface area contributed by atoms with Crippen LogP contribution in [0.2, 0.25) is 0 Å². The molecular weight excluding hydrogens is 316 g/mol. The van der Waals surface area contributed by atoms with Gasteiger partial charge in [-0.15, -0.1) is 0 Å². The highest BCUT2D eigenvalue weighted by Crippen LogP contribution is 2.27. The van der Waals surface area contributed by atoms with Crippen LogP contribution in [-0.2, 0) is 11.3 Å². The van der Waals surface area contributed by atoms with E-state index in [1.165, 1.54) is 0 Å². The van der Waals surface area contributed by atoms with Crippen LogP contribution < -0.4 is 16.0 Å². The molecule has 0 spiro atoms. The van der Waals surface area contributed by atoms with E-state index in [1.807, 2.05) is 31.2 Å². The highest BCUT2D eigenvalue weighted by atomic mass is 16.2. The van der Waals surface area contributed by atoms with Gasteiger partial charge in [0.05, 0.1) is 6.54 Å². The van der Waals surface area contributed by atoms with Gasteiger partial charge in [0.1, 0.15) is 6.04 Å². The summed E-state index contributed by atoms with van der Waals surface area (Å²) in [6.45, 7) is 6.37. The van der Waals surface area contributed by atoms with Crippen molar-refractivity contribution in [2.75, 3.05) is 18.4 Å². The minimum absolute atomic E-state index is 0.0908. The lowest BCUT2D eigenvalue weighted by Gasteiger charge is -2.34. The number of nitrogens with zero attached hydrogens (tertiary/aromatic N) is 1. The highest BCUT2D eigenvalue weighted by molar-refractivity contribution is 5.98. The number of anilines is 1. The monoisotopic (exact) mass is 344 g/mol. The van der Waals surface area contributed by atoms with Crippen molar-refractivity contribution >= 4 is 17.6 Å². The lowest BCUT2D eigenvalue weighted by molar-refractivity contribution is -0.121. The minimum Gasteiger partial charge on any atom is -0.335 e. The SMILES string of the molecule is CCC(C)C1C(=O)Nc2ccccc2CN1C(=O)NC1CCNCC1. The van der Waals surface area contributed by atoms with Crippen molar-refractivity contribution in [1.82, 2.24) is 15.5 Å². The predicted molar refractivity (Wildman–Crippen MR) is 98.3 cm³/mol. The zero-order valence-corrected chi connectivity index (χ0v) is 15.0. The van der Waals surface area contributed by atoms with Gasteiger partial charge in [0.2, 0.25) is 5.91 Å². The minimum atomic E-state index is -0.459. The number of urea groups is 1. The maximum absolute atomic E-state index is 13.0. The van der Waals surface area contributed by atoms with Gasteiger partial charge in [-0.25, -0.2) is 4.79 Å². The number of carbonyl (C=O) groups excluding carboxylic acids is 2. The average Bonchev–Trinajstić information content (AvgIpc) is 2.77. The Balaban J connectivity index is 1.85. The Morgan fingerprint density at radius 3 is 2.76 bits per heavy atom. The summed E-state index contributed by atoms with van der Waals surface area (Å²) in [4.78, 5) is 27.6. The van der Waals surface area contributed by atoms with Gasteiger partial charge in [-0.3, -0.25) is 4.79 Å². The molecule has 0 aliphatic carbocycles. The maximum Gasteiger partial charge on any atom is 0.318 e. The molecule has 1 saturated heterocycles. The topological polar surface area (TPSA) is 73.5 Å². The van der Waals surface area contributed by atoms with Crippen LogP contribution in [0.4, 0.5) is 10.5 Å². The lowest BCUT2D eigenvalue weighted by Crippen LogP contribution is -2.55. The first-order chi connectivity index (χ1) is 12.1. The van der Waals surface area contributed by atoms with Gasteiger partial charge >= 0.3 is 6.03 Å². The quantitative estimate of drug-likeness (QED) is 0.788. The zero-order valence-electron chi connectivity index (χ0n) is 15.0. The number of nitrogens with one attached hydrogen (secondary N) is 3. The summed E-state index contributed by atoms with van der Waals surface area (Å²) in [6.07, 6.45) is 2.69. The Bertz CT molecular complexity index is 628. The Morgan fingerprint density at radius 2 is 2.04 bits per heavy atom. The molecule has 1 fully saturated rings. The molecule has 2 aliphatic rings.